The number of alkyl halides is 6. The Kier molecular flexibility index (Phi) is 7.66. The van der Waals surface area contributed by atoms with Crippen molar-refractivity contribution < 1.29 is 39.5 Å². The summed E-state index contributed by atoms with van der Waals surface area (Å²) in [6.07, 6.45) is -9.25. The lowest BCUT2D eigenvalue weighted by atomic mass is 10.2. The van der Waals surface area contributed by atoms with Gasteiger partial charge >= 0.3 is 22.7 Å². The molecule has 6 nitrogen and oxygen atoms in total. The van der Waals surface area contributed by atoms with Crippen LogP contribution < -0.4 is 9.04 Å². The highest BCUT2D eigenvalue weighted by atomic mass is 32.2. The van der Waals surface area contributed by atoms with Crippen molar-refractivity contribution in [2.45, 2.75) is 26.0 Å². The van der Waals surface area contributed by atoms with Crippen molar-refractivity contribution in [3.8, 4) is 5.75 Å². The smallest absolute Gasteiger partial charge is 0.406 e. The third kappa shape index (κ3) is 6.67. The van der Waals surface area contributed by atoms with Crippen LogP contribution in [0.25, 0.3) is 10.1 Å². The molecule has 3 aromatic rings. The Morgan fingerprint density at radius 1 is 0.946 bits per heavy atom. The molecular weight excluding hydrogens is 544 g/mol. The fourth-order valence-electron chi connectivity index (χ4n) is 4.13. The van der Waals surface area contributed by atoms with Gasteiger partial charge in [-0.05, 0) is 41.6 Å². The van der Waals surface area contributed by atoms with Gasteiger partial charge in [0.05, 0.1) is 13.1 Å². The number of halogens is 6. The molecule has 1 fully saturated rings. The van der Waals surface area contributed by atoms with E-state index in [4.69, 9.17) is 0 Å². The Morgan fingerprint density at radius 3 is 2.14 bits per heavy atom. The van der Waals surface area contributed by atoms with E-state index in [2.05, 4.69) is 4.74 Å². The lowest BCUT2D eigenvalue weighted by Gasteiger charge is -2.37. The van der Waals surface area contributed by atoms with E-state index < -0.39 is 35.0 Å². The highest BCUT2D eigenvalue weighted by Gasteiger charge is 2.38. The van der Waals surface area contributed by atoms with Crippen molar-refractivity contribution in [2.75, 3.05) is 37.0 Å². The van der Waals surface area contributed by atoms with Crippen LogP contribution in [0.5, 0.6) is 5.75 Å². The predicted octanol–water partition coefficient (Wildman–Crippen LogP) is 5.54. The number of hydrogen-bond donors (Lipinski definition) is 0. The van der Waals surface area contributed by atoms with E-state index in [1.807, 2.05) is 24.3 Å². The van der Waals surface area contributed by atoms with Gasteiger partial charge in [-0.2, -0.15) is 25.9 Å². The second-order valence-corrected chi connectivity index (χ2v) is 11.4. The monoisotopic (exact) mass is 567 g/mol. The standard InChI is InChI=1S/C23H23F6N3O3S2/c1-16-19-4-2-3-5-20(19)36-21(16)32(14-17-6-8-18(9-7-17)35-23(27,28)29)37(33,34)31-12-10-30(11-13-31)15-22(24,25)26/h2-9H,10-15H2,1H3. The van der Waals surface area contributed by atoms with E-state index in [-0.39, 0.29) is 32.7 Å². The van der Waals surface area contributed by atoms with Crippen LogP contribution in [0.3, 0.4) is 0 Å². The average molecular weight is 568 g/mol. The number of nitrogens with zero attached hydrogens (tertiary/aromatic N) is 3. The summed E-state index contributed by atoms with van der Waals surface area (Å²) in [6, 6.07) is 12.2. The molecule has 1 aliphatic rings. The van der Waals surface area contributed by atoms with Gasteiger partial charge in [-0.1, -0.05) is 30.3 Å². The largest absolute Gasteiger partial charge is 0.573 e. The molecule has 1 aromatic heterocycles. The van der Waals surface area contributed by atoms with E-state index in [1.54, 1.807) is 6.92 Å². The Labute approximate surface area is 213 Å². The molecule has 0 spiro atoms. The average Bonchev–Trinajstić information content (AvgIpc) is 3.13. The van der Waals surface area contributed by atoms with Crippen LogP contribution in [0.15, 0.2) is 48.5 Å². The number of rotatable bonds is 7. The highest BCUT2D eigenvalue weighted by molar-refractivity contribution is 7.90. The van der Waals surface area contributed by atoms with Gasteiger partial charge in [0.15, 0.2) is 0 Å². The van der Waals surface area contributed by atoms with Crippen molar-refractivity contribution in [1.29, 1.82) is 0 Å². The minimum atomic E-state index is -4.86. The number of fused-ring (bicyclic) bond motifs is 1. The Hall–Kier alpha value is -2.55. The van der Waals surface area contributed by atoms with Crippen molar-refractivity contribution in [3.05, 3.63) is 59.7 Å². The fourth-order valence-corrected chi connectivity index (χ4v) is 7.20. The molecule has 1 aliphatic heterocycles. The summed E-state index contributed by atoms with van der Waals surface area (Å²) in [5, 5.41) is 1.28. The zero-order chi connectivity index (χ0) is 27.0. The molecule has 1 saturated heterocycles. The van der Waals surface area contributed by atoms with Crippen molar-refractivity contribution >= 4 is 36.6 Å². The van der Waals surface area contributed by atoms with E-state index in [0.717, 1.165) is 31.4 Å². The summed E-state index contributed by atoms with van der Waals surface area (Å²) in [7, 11) is -4.19. The molecule has 2 heterocycles. The second kappa shape index (κ2) is 10.3. The molecule has 0 radical (unpaired) electrons. The zero-order valence-corrected chi connectivity index (χ0v) is 21.1. The molecule has 0 N–H and O–H groups in total. The minimum absolute atomic E-state index is 0.0819. The number of piperazine rings is 1. The lowest BCUT2D eigenvalue weighted by Crippen LogP contribution is -2.54. The Morgan fingerprint density at radius 2 is 1.57 bits per heavy atom. The summed E-state index contributed by atoms with van der Waals surface area (Å²) in [5.74, 6) is -0.440. The van der Waals surface area contributed by atoms with Crippen molar-refractivity contribution in [2.24, 2.45) is 0 Å². The molecule has 2 aromatic carbocycles. The SMILES string of the molecule is Cc1c(N(Cc2ccc(OC(F)(F)F)cc2)S(=O)(=O)N2CCN(CC(F)(F)F)CC2)sc2ccccc12. The van der Waals surface area contributed by atoms with Gasteiger partial charge < -0.3 is 4.74 Å². The number of thiophene rings is 1. The normalized spacial score (nSPS) is 16.3. The van der Waals surface area contributed by atoms with Gasteiger partial charge in [-0.3, -0.25) is 4.90 Å². The van der Waals surface area contributed by atoms with Crippen LogP contribution in [0.4, 0.5) is 31.3 Å². The predicted molar refractivity (Wildman–Crippen MR) is 129 cm³/mol. The molecule has 37 heavy (non-hydrogen) atoms. The highest BCUT2D eigenvalue weighted by Crippen LogP contribution is 2.40. The number of hydrogen-bond acceptors (Lipinski definition) is 5. The maximum absolute atomic E-state index is 13.8. The third-order valence-electron chi connectivity index (χ3n) is 5.87. The van der Waals surface area contributed by atoms with Crippen LogP contribution >= 0.6 is 11.3 Å². The number of ether oxygens (including phenoxy) is 1. The van der Waals surface area contributed by atoms with Gasteiger partial charge in [0, 0.05) is 30.9 Å². The number of benzene rings is 2. The van der Waals surface area contributed by atoms with E-state index in [1.165, 1.54) is 27.8 Å². The molecule has 0 aliphatic carbocycles. The number of aryl methyl sites for hydroxylation is 1. The topological polar surface area (TPSA) is 53.1 Å². The molecule has 0 atom stereocenters. The summed E-state index contributed by atoms with van der Waals surface area (Å²) >= 11 is 1.25. The Bertz CT molecular complexity index is 1330. The minimum Gasteiger partial charge on any atom is -0.406 e. The molecule has 202 valence electrons. The zero-order valence-electron chi connectivity index (χ0n) is 19.5. The van der Waals surface area contributed by atoms with Crippen LogP contribution in [0, 0.1) is 6.92 Å². The van der Waals surface area contributed by atoms with Crippen molar-refractivity contribution in [3.63, 3.8) is 0 Å². The summed E-state index contributed by atoms with van der Waals surface area (Å²) in [5.41, 5.74) is 1.11. The quantitative estimate of drug-likeness (QED) is 0.352. The number of anilines is 1. The van der Waals surface area contributed by atoms with E-state index in [0.29, 0.717) is 16.1 Å². The van der Waals surface area contributed by atoms with Crippen LogP contribution in [0.1, 0.15) is 11.1 Å². The van der Waals surface area contributed by atoms with Gasteiger partial charge in [0.2, 0.25) is 0 Å². The summed E-state index contributed by atoms with van der Waals surface area (Å²) in [6.45, 7) is 0.0486. The lowest BCUT2D eigenvalue weighted by molar-refractivity contribution is -0.274. The van der Waals surface area contributed by atoms with Crippen LogP contribution in [0.2, 0.25) is 0 Å². The molecular formula is C23H23F6N3O3S2. The van der Waals surface area contributed by atoms with Gasteiger partial charge in [-0.15, -0.1) is 24.5 Å². The fraction of sp³-hybridized carbons (Fsp3) is 0.391. The molecule has 0 amide bonds. The molecule has 4 rings (SSSR count). The summed E-state index contributed by atoms with van der Waals surface area (Å²) in [4.78, 5) is 1.15. The summed E-state index contributed by atoms with van der Waals surface area (Å²) < 4.78 is 111. The first kappa shape index (κ1) is 27.5. The first-order valence-corrected chi connectivity index (χ1v) is 13.3. The maximum Gasteiger partial charge on any atom is 0.573 e. The van der Waals surface area contributed by atoms with Crippen molar-refractivity contribution in [1.82, 2.24) is 9.21 Å². The first-order valence-electron chi connectivity index (χ1n) is 11.1. The van der Waals surface area contributed by atoms with E-state index in [9.17, 15) is 34.8 Å². The molecule has 14 heteroatoms. The van der Waals surface area contributed by atoms with Crippen LogP contribution in [-0.4, -0.2) is 62.9 Å². The van der Waals surface area contributed by atoms with Crippen LogP contribution in [-0.2, 0) is 16.8 Å². The third-order valence-corrected chi connectivity index (χ3v) is 9.16. The van der Waals surface area contributed by atoms with Gasteiger partial charge in [0.25, 0.3) is 0 Å². The van der Waals surface area contributed by atoms with Gasteiger partial charge in [-0.25, -0.2) is 4.31 Å². The van der Waals surface area contributed by atoms with E-state index >= 15 is 0 Å². The molecule has 0 bridgehead atoms. The Balaban J connectivity index is 1.64. The first-order chi connectivity index (χ1) is 17.2. The second-order valence-electron chi connectivity index (χ2n) is 8.52. The molecule has 0 saturated carbocycles. The van der Waals surface area contributed by atoms with Gasteiger partial charge in [0.1, 0.15) is 10.8 Å². The molecule has 0 unspecified atom stereocenters. The maximum atomic E-state index is 13.8.